The molecule has 0 radical (unpaired) electrons. The lowest BCUT2D eigenvalue weighted by Gasteiger charge is -2.46. The molecule has 1 heterocycles. The zero-order chi connectivity index (χ0) is 13.9. The van der Waals surface area contributed by atoms with Crippen molar-refractivity contribution in [1.82, 2.24) is 9.80 Å². The summed E-state index contributed by atoms with van der Waals surface area (Å²) in [6, 6.07) is 0. The van der Waals surface area contributed by atoms with Gasteiger partial charge < -0.3 is 10.0 Å². The Labute approximate surface area is 116 Å². The van der Waals surface area contributed by atoms with Crippen LogP contribution in [0.25, 0.3) is 0 Å². The van der Waals surface area contributed by atoms with Crippen LogP contribution >= 0.6 is 0 Å². The van der Waals surface area contributed by atoms with E-state index in [2.05, 4.69) is 23.8 Å². The number of nitrogens with zero attached hydrogens (tertiary/aromatic N) is 2. The van der Waals surface area contributed by atoms with Crippen LogP contribution < -0.4 is 0 Å². The molecule has 4 nitrogen and oxygen atoms in total. The van der Waals surface area contributed by atoms with E-state index in [0.717, 1.165) is 44.9 Å². The molecule has 1 aliphatic heterocycles. The minimum atomic E-state index is -0.631. The van der Waals surface area contributed by atoms with Crippen LogP contribution in [0.4, 0.5) is 0 Å². The summed E-state index contributed by atoms with van der Waals surface area (Å²) in [6.45, 7) is 6.49. The number of rotatable bonds is 3. The van der Waals surface area contributed by atoms with Crippen molar-refractivity contribution in [3.05, 3.63) is 0 Å². The third kappa shape index (κ3) is 3.69. The lowest BCUT2D eigenvalue weighted by molar-refractivity contribution is -0.141. The Balaban J connectivity index is 2.11. The Bertz CT molecular complexity index is 313. The van der Waals surface area contributed by atoms with Gasteiger partial charge in [0.2, 0.25) is 0 Å². The summed E-state index contributed by atoms with van der Waals surface area (Å²) >= 11 is 0. The van der Waals surface area contributed by atoms with Gasteiger partial charge in [-0.1, -0.05) is 19.8 Å². The Kier molecular flexibility index (Phi) is 4.85. The second-order valence-electron chi connectivity index (χ2n) is 6.62. The van der Waals surface area contributed by atoms with Crippen molar-refractivity contribution >= 4 is 5.97 Å². The van der Waals surface area contributed by atoms with E-state index in [-0.39, 0.29) is 5.54 Å². The van der Waals surface area contributed by atoms with Crippen molar-refractivity contribution in [2.24, 2.45) is 5.92 Å². The predicted octanol–water partition coefficient (Wildman–Crippen LogP) is 2.05. The van der Waals surface area contributed by atoms with Crippen molar-refractivity contribution in [2.75, 3.05) is 33.2 Å². The second-order valence-corrected chi connectivity index (χ2v) is 6.62. The van der Waals surface area contributed by atoms with Crippen LogP contribution in [0.2, 0.25) is 0 Å². The molecular weight excluding hydrogens is 240 g/mol. The van der Waals surface area contributed by atoms with Crippen molar-refractivity contribution in [1.29, 1.82) is 0 Å². The number of carboxylic acids is 1. The molecule has 0 spiro atoms. The van der Waals surface area contributed by atoms with Gasteiger partial charge in [-0.3, -0.25) is 9.69 Å². The highest BCUT2D eigenvalue weighted by atomic mass is 16.4. The highest BCUT2D eigenvalue weighted by Gasteiger charge is 2.40. The SMILES string of the molecule is CC1CCCC(CC(=O)O)(N2CCN(C)CC2)CC1. The first-order chi connectivity index (χ1) is 9.02. The van der Waals surface area contributed by atoms with E-state index in [0.29, 0.717) is 6.42 Å². The molecule has 0 bridgehead atoms. The fourth-order valence-electron chi connectivity index (χ4n) is 3.73. The highest BCUT2D eigenvalue weighted by Crippen LogP contribution is 2.37. The molecule has 4 heteroatoms. The standard InChI is InChI=1S/C15H28N2O2/c1-13-4-3-6-15(7-5-13,12-14(18)19)17-10-8-16(2)9-11-17/h13H,3-12H2,1-2H3,(H,18,19). The van der Waals surface area contributed by atoms with Crippen LogP contribution in [0.1, 0.15) is 45.4 Å². The number of piperazine rings is 1. The van der Waals surface area contributed by atoms with Crippen molar-refractivity contribution in [3.8, 4) is 0 Å². The highest BCUT2D eigenvalue weighted by molar-refractivity contribution is 5.68. The Morgan fingerprint density at radius 3 is 2.53 bits per heavy atom. The minimum absolute atomic E-state index is 0.0716. The molecule has 2 unspecified atom stereocenters. The molecule has 1 N–H and O–H groups in total. The number of hydrogen-bond acceptors (Lipinski definition) is 3. The van der Waals surface area contributed by atoms with Gasteiger partial charge in [0.1, 0.15) is 0 Å². The van der Waals surface area contributed by atoms with Gasteiger partial charge in [-0.15, -0.1) is 0 Å². The maximum atomic E-state index is 11.3. The largest absolute Gasteiger partial charge is 0.481 e. The van der Waals surface area contributed by atoms with Crippen LogP contribution in [-0.4, -0.2) is 59.6 Å². The topological polar surface area (TPSA) is 43.8 Å². The number of hydrogen-bond donors (Lipinski definition) is 1. The number of likely N-dealkylation sites (N-methyl/N-ethyl adjacent to an activating group) is 1. The molecule has 110 valence electrons. The Morgan fingerprint density at radius 2 is 1.89 bits per heavy atom. The average Bonchev–Trinajstić information content (AvgIpc) is 2.53. The van der Waals surface area contributed by atoms with Gasteiger partial charge in [0, 0.05) is 31.7 Å². The Morgan fingerprint density at radius 1 is 1.21 bits per heavy atom. The van der Waals surface area contributed by atoms with E-state index in [1.165, 1.54) is 19.3 Å². The van der Waals surface area contributed by atoms with Gasteiger partial charge in [0.15, 0.2) is 0 Å². The van der Waals surface area contributed by atoms with Crippen LogP contribution in [0.3, 0.4) is 0 Å². The van der Waals surface area contributed by atoms with Crippen LogP contribution in [-0.2, 0) is 4.79 Å². The number of aliphatic carboxylic acids is 1. The molecule has 0 aromatic rings. The molecule has 2 rings (SSSR count). The summed E-state index contributed by atoms with van der Waals surface area (Å²) in [5.41, 5.74) is -0.0716. The second kappa shape index (κ2) is 6.23. The van der Waals surface area contributed by atoms with Gasteiger partial charge in [0.25, 0.3) is 0 Å². The molecule has 1 saturated carbocycles. The van der Waals surface area contributed by atoms with Crippen molar-refractivity contribution in [2.45, 2.75) is 51.0 Å². The lowest BCUT2D eigenvalue weighted by atomic mass is 9.84. The van der Waals surface area contributed by atoms with Gasteiger partial charge in [-0.05, 0) is 32.2 Å². The predicted molar refractivity (Wildman–Crippen MR) is 76.3 cm³/mol. The zero-order valence-electron chi connectivity index (χ0n) is 12.4. The summed E-state index contributed by atoms with van der Waals surface area (Å²) < 4.78 is 0. The summed E-state index contributed by atoms with van der Waals surface area (Å²) in [7, 11) is 2.15. The molecule has 0 aromatic carbocycles. The van der Waals surface area contributed by atoms with Gasteiger partial charge in [-0.25, -0.2) is 0 Å². The zero-order valence-corrected chi connectivity index (χ0v) is 12.4. The lowest BCUT2D eigenvalue weighted by Crippen LogP contribution is -2.57. The molecule has 1 aliphatic carbocycles. The summed E-state index contributed by atoms with van der Waals surface area (Å²) in [4.78, 5) is 16.2. The van der Waals surface area contributed by atoms with Gasteiger partial charge in [-0.2, -0.15) is 0 Å². The molecule has 2 atom stereocenters. The first-order valence-corrected chi connectivity index (χ1v) is 7.67. The third-order valence-electron chi connectivity index (χ3n) is 5.10. The van der Waals surface area contributed by atoms with E-state index in [1.807, 2.05) is 0 Å². The maximum absolute atomic E-state index is 11.3. The quantitative estimate of drug-likeness (QED) is 0.796. The number of carboxylic acid groups (broad SMARTS) is 1. The summed E-state index contributed by atoms with van der Waals surface area (Å²) in [5, 5.41) is 9.33. The maximum Gasteiger partial charge on any atom is 0.305 e. The summed E-state index contributed by atoms with van der Waals surface area (Å²) in [6.07, 6.45) is 6.07. The van der Waals surface area contributed by atoms with E-state index in [9.17, 15) is 9.90 Å². The molecule has 0 amide bonds. The van der Waals surface area contributed by atoms with Gasteiger partial charge >= 0.3 is 5.97 Å². The molecular formula is C15H28N2O2. The summed E-state index contributed by atoms with van der Waals surface area (Å²) in [5.74, 6) is 0.122. The van der Waals surface area contributed by atoms with Crippen molar-refractivity contribution < 1.29 is 9.90 Å². The Hall–Kier alpha value is -0.610. The normalized spacial score (nSPS) is 34.9. The minimum Gasteiger partial charge on any atom is -0.481 e. The first-order valence-electron chi connectivity index (χ1n) is 7.67. The fraction of sp³-hybridized carbons (Fsp3) is 0.933. The number of carbonyl (C=O) groups is 1. The third-order valence-corrected chi connectivity index (χ3v) is 5.10. The van der Waals surface area contributed by atoms with Crippen molar-refractivity contribution in [3.63, 3.8) is 0 Å². The average molecular weight is 268 g/mol. The molecule has 2 fully saturated rings. The molecule has 19 heavy (non-hydrogen) atoms. The van der Waals surface area contributed by atoms with Gasteiger partial charge in [0.05, 0.1) is 6.42 Å². The van der Waals surface area contributed by atoms with Crippen LogP contribution in [0, 0.1) is 5.92 Å². The monoisotopic (exact) mass is 268 g/mol. The smallest absolute Gasteiger partial charge is 0.305 e. The van der Waals surface area contributed by atoms with E-state index in [1.54, 1.807) is 0 Å². The molecule has 1 saturated heterocycles. The first kappa shape index (κ1) is 14.8. The van der Waals surface area contributed by atoms with Crippen LogP contribution in [0.5, 0.6) is 0 Å². The van der Waals surface area contributed by atoms with E-state index in [4.69, 9.17) is 0 Å². The van der Waals surface area contributed by atoms with Crippen LogP contribution in [0.15, 0.2) is 0 Å². The van der Waals surface area contributed by atoms with E-state index < -0.39 is 5.97 Å². The molecule has 0 aromatic heterocycles. The van der Waals surface area contributed by atoms with E-state index >= 15 is 0 Å². The fourth-order valence-corrected chi connectivity index (χ4v) is 3.73. The molecule has 2 aliphatic rings.